The molecule has 0 radical (unpaired) electrons. The fourth-order valence-electron chi connectivity index (χ4n) is 3.85. The third-order valence-electron chi connectivity index (χ3n) is 5.76. The predicted molar refractivity (Wildman–Crippen MR) is 133 cm³/mol. The molecule has 1 aromatic heterocycles. The van der Waals surface area contributed by atoms with Crippen molar-refractivity contribution in [1.82, 2.24) is 14.9 Å². The molecule has 1 atom stereocenters. The van der Waals surface area contributed by atoms with Crippen molar-refractivity contribution in [3.63, 3.8) is 0 Å². The molecular weight excluding hydrogens is 454 g/mol. The van der Waals surface area contributed by atoms with E-state index in [2.05, 4.69) is 19.6 Å². The van der Waals surface area contributed by atoms with Gasteiger partial charge < -0.3 is 14.9 Å². The summed E-state index contributed by atoms with van der Waals surface area (Å²) in [6.07, 6.45) is 2.75. The van der Waals surface area contributed by atoms with Crippen LogP contribution in [-0.2, 0) is 21.2 Å². The average Bonchev–Trinajstić information content (AvgIpc) is 2.88. The Hall–Kier alpha value is -3.50. The molecule has 182 valence electrons. The number of nitrogens with zero attached hydrogens (tertiary/aromatic N) is 4. The molecular formula is C24H31N5O4S. The third-order valence-corrected chi connectivity index (χ3v) is 7.13. The Balaban J connectivity index is 0.00000228. The summed E-state index contributed by atoms with van der Waals surface area (Å²) in [7, 11) is -3.76. The van der Waals surface area contributed by atoms with Crippen LogP contribution < -0.4 is 9.62 Å². The van der Waals surface area contributed by atoms with E-state index < -0.39 is 16.1 Å². The molecule has 1 amide bonds. The number of hydrogen-bond donors (Lipinski definition) is 2. The van der Waals surface area contributed by atoms with Gasteiger partial charge in [-0.1, -0.05) is 30.3 Å². The smallest absolute Gasteiger partial charge is 0.263 e. The van der Waals surface area contributed by atoms with Gasteiger partial charge >= 0.3 is 0 Å². The fourth-order valence-corrected chi connectivity index (χ4v) is 4.86. The van der Waals surface area contributed by atoms with Gasteiger partial charge in [0.1, 0.15) is 18.2 Å². The first kappa shape index (κ1) is 23.7. The lowest BCUT2D eigenvalue weighted by atomic mass is 10.1. The molecule has 0 spiro atoms. The second-order valence-corrected chi connectivity index (χ2v) is 9.73. The first-order chi connectivity index (χ1) is 16.4. The lowest BCUT2D eigenvalue weighted by Gasteiger charge is -2.37. The molecule has 34 heavy (non-hydrogen) atoms. The van der Waals surface area contributed by atoms with Gasteiger partial charge in [0.2, 0.25) is 0 Å². The Bertz CT molecular complexity index is 1190. The number of aryl methyl sites for hydroxylation is 1. The summed E-state index contributed by atoms with van der Waals surface area (Å²) in [5.74, 6) is -0.0429. The molecule has 2 heterocycles. The quantitative estimate of drug-likeness (QED) is 0.503. The van der Waals surface area contributed by atoms with E-state index in [0.29, 0.717) is 39.0 Å². The lowest BCUT2D eigenvalue weighted by molar-refractivity contribution is -0.140. The molecule has 0 saturated carbocycles. The van der Waals surface area contributed by atoms with Crippen molar-refractivity contribution in [1.29, 1.82) is 0 Å². The average molecular weight is 486 g/mol. The molecule has 1 saturated heterocycles. The first-order valence-electron chi connectivity index (χ1n) is 11.1. The van der Waals surface area contributed by atoms with Crippen LogP contribution in [0.3, 0.4) is 0 Å². The van der Waals surface area contributed by atoms with E-state index in [1.165, 1.54) is 18.6 Å². The van der Waals surface area contributed by atoms with Crippen LogP contribution in [0.2, 0.25) is 0 Å². The number of benzene rings is 2. The van der Waals surface area contributed by atoms with Gasteiger partial charge in [0.15, 0.2) is 0 Å². The molecule has 9 nitrogen and oxygen atoms in total. The molecule has 1 aliphatic rings. The Morgan fingerprint density at radius 3 is 2.38 bits per heavy atom. The van der Waals surface area contributed by atoms with E-state index in [1.54, 1.807) is 29.2 Å². The summed E-state index contributed by atoms with van der Waals surface area (Å²) in [5.41, 5.74) is 1.97. The minimum absolute atomic E-state index is 0. The summed E-state index contributed by atoms with van der Waals surface area (Å²) < 4.78 is 27.5. The minimum atomic E-state index is -3.76. The molecule has 2 N–H and O–H groups in total. The summed E-state index contributed by atoms with van der Waals surface area (Å²) in [6, 6.07) is 17.9. The minimum Gasteiger partial charge on any atom is -0.383 e. The molecule has 1 fully saturated rings. The van der Waals surface area contributed by atoms with E-state index in [0.717, 1.165) is 11.3 Å². The number of rotatable bonds is 8. The number of sulfonamides is 1. The maximum absolute atomic E-state index is 12.6. The number of nitrogens with one attached hydrogen (secondary N) is 1. The molecule has 0 unspecified atom stereocenters. The molecule has 4 rings (SSSR count). The zero-order chi connectivity index (χ0) is 24.0. The van der Waals surface area contributed by atoms with Gasteiger partial charge in [0.25, 0.3) is 15.9 Å². The normalized spacial score (nSPS) is 15.1. The highest BCUT2D eigenvalue weighted by Crippen LogP contribution is 2.21. The number of carbonyl (C=O) groups excluding carboxylic acids is 1. The van der Waals surface area contributed by atoms with Crippen LogP contribution in [0.5, 0.6) is 0 Å². The van der Waals surface area contributed by atoms with E-state index in [4.69, 9.17) is 0 Å². The van der Waals surface area contributed by atoms with E-state index in [1.807, 2.05) is 30.3 Å². The Morgan fingerprint density at radius 2 is 1.74 bits per heavy atom. The standard InChI is InChI=1S/C24H27N5O4S.2H2/c30-22(11-6-19-4-2-1-3-5-19)24(31)29-16-14-28(15-17-29)20-7-9-21(10-8-20)34(32,33)27-23-12-13-25-18-26-23;;/h1-5,7-10,12-13,18,22,30H,6,11,14-17H2,(H,25,26,27);2*1H/t22-;;/m1../s1. The highest BCUT2D eigenvalue weighted by atomic mass is 32.2. The number of aliphatic hydroxyl groups excluding tert-OH is 1. The van der Waals surface area contributed by atoms with Crippen LogP contribution in [0.1, 0.15) is 14.8 Å². The van der Waals surface area contributed by atoms with Crippen LogP contribution >= 0.6 is 0 Å². The van der Waals surface area contributed by atoms with Crippen molar-refractivity contribution in [3.8, 4) is 0 Å². The lowest BCUT2D eigenvalue weighted by Crippen LogP contribution is -2.51. The largest absolute Gasteiger partial charge is 0.383 e. The van der Waals surface area contributed by atoms with Gasteiger partial charge in [0.05, 0.1) is 4.90 Å². The van der Waals surface area contributed by atoms with Gasteiger partial charge in [-0.15, -0.1) is 0 Å². The Labute approximate surface area is 202 Å². The zero-order valence-corrected chi connectivity index (χ0v) is 19.4. The predicted octanol–water partition coefficient (Wildman–Crippen LogP) is 2.41. The maximum Gasteiger partial charge on any atom is 0.263 e. The van der Waals surface area contributed by atoms with E-state index >= 15 is 0 Å². The van der Waals surface area contributed by atoms with Crippen molar-refractivity contribution in [2.24, 2.45) is 0 Å². The monoisotopic (exact) mass is 485 g/mol. The summed E-state index contributed by atoms with van der Waals surface area (Å²) in [5, 5.41) is 10.4. The first-order valence-corrected chi connectivity index (χ1v) is 12.6. The number of aromatic nitrogens is 2. The number of aliphatic hydroxyl groups is 1. The van der Waals surface area contributed by atoms with Gasteiger partial charge in [-0.3, -0.25) is 9.52 Å². The molecule has 3 aromatic rings. The van der Waals surface area contributed by atoms with Crippen molar-refractivity contribution in [2.75, 3.05) is 35.8 Å². The van der Waals surface area contributed by atoms with Crippen molar-refractivity contribution in [3.05, 3.63) is 78.8 Å². The van der Waals surface area contributed by atoms with Crippen LogP contribution in [-0.4, -0.2) is 66.6 Å². The number of carbonyl (C=O) groups is 1. The van der Waals surface area contributed by atoms with Gasteiger partial charge in [-0.2, -0.15) is 0 Å². The second kappa shape index (κ2) is 10.6. The van der Waals surface area contributed by atoms with Crippen LogP contribution in [0.25, 0.3) is 0 Å². The van der Waals surface area contributed by atoms with E-state index in [9.17, 15) is 18.3 Å². The number of anilines is 2. The Morgan fingerprint density at radius 1 is 1.03 bits per heavy atom. The summed E-state index contributed by atoms with van der Waals surface area (Å²) in [4.78, 5) is 24.2. The molecule has 2 aromatic carbocycles. The van der Waals surface area contributed by atoms with Crippen molar-refractivity contribution < 1.29 is 21.2 Å². The highest BCUT2D eigenvalue weighted by molar-refractivity contribution is 7.92. The van der Waals surface area contributed by atoms with Crippen molar-refractivity contribution in [2.45, 2.75) is 23.8 Å². The van der Waals surface area contributed by atoms with E-state index in [-0.39, 0.29) is 19.5 Å². The van der Waals surface area contributed by atoms with Crippen LogP contribution in [0, 0.1) is 0 Å². The van der Waals surface area contributed by atoms with Gasteiger partial charge in [0, 0.05) is 40.9 Å². The highest BCUT2D eigenvalue weighted by Gasteiger charge is 2.26. The van der Waals surface area contributed by atoms with Crippen molar-refractivity contribution >= 4 is 27.4 Å². The fraction of sp³-hybridized carbons (Fsp3) is 0.292. The Kier molecular flexibility index (Phi) is 7.39. The second-order valence-electron chi connectivity index (χ2n) is 8.05. The van der Waals surface area contributed by atoms with Gasteiger partial charge in [-0.25, -0.2) is 18.4 Å². The third kappa shape index (κ3) is 5.89. The summed E-state index contributed by atoms with van der Waals surface area (Å²) >= 11 is 0. The number of hydrogen-bond acceptors (Lipinski definition) is 7. The SMILES string of the molecule is O=C([C@H](O)CCc1ccccc1)N1CCN(c2ccc(S(=O)(=O)Nc3ccncn3)cc2)CC1.[HH].[HH]. The molecule has 10 heteroatoms. The summed E-state index contributed by atoms with van der Waals surface area (Å²) in [6.45, 7) is 2.19. The molecule has 1 aliphatic heterocycles. The zero-order valence-electron chi connectivity index (χ0n) is 18.6. The molecule has 0 bridgehead atoms. The molecule has 0 aliphatic carbocycles. The number of amides is 1. The van der Waals surface area contributed by atoms with Crippen LogP contribution in [0.4, 0.5) is 11.5 Å². The van der Waals surface area contributed by atoms with Crippen LogP contribution in [0.15, 0.2) is 78.1 Å². The van der Waals surface area contributed by atoms with Gasteiger partial charge in [-0.05, 0) is 48.7 Å². The number of piperazine rings is 1. The maximum atomic E-state index is 12.6. The topological polar surface area (TPSA) is 116 Å².